The first-order valence-electron chi connectivity index (χ1n) is 6.09. The fourth-order valence-electron chi connectivity index (χ4n) is 3.20. The van der Waals surface area contributed by atoms with E-state index < -0.39 is 0 Å². The number of hydrogen-bond donors (Lipinski definition) is 1. The van der Waals surface area contributed by atoms with Crippen LogP contribution >= 0.6 is 15.9 Å². The number of methoxy groups -OCH3 is 1. The summed E-state index contributed by atoms with van der Waals surface area (Å²) in [6.45, 7) is 0.581. The Balaban J connectivity index is 1.83. The maximum Gasteiger partial charge on any atom is 0.223 e. The Bertz CT molecular complexity index is 259. The van der Waals surface area contributed by atoms with E-state index in [1.807, 2.05) is 0 Å². The van der Waals surface area contributed by atoms with E-state index in [-0.39, 0.29) is 17.9 Å². The van der Waals surface area contributed by atoms with E-state index in [1.54, 1.807) is 7.11 Å². The summed E-state index contributed by atoms with van der Waals surface area (Å²) in [7, 11) is 1.67. The Hall–Kier alpha value is -0.0900. The van der Waals surface area contributed by atoms with Crippen LogP contribution in [0.3, 0.4) is 0 Å². The van der Waals surface area contributed by atoms with E-state index in [0.717, 1.165) is 17.7 Å². The van der Waals surface area contributed by atoms with Crippen molar-refractivity contribution in [3.8, 4) is 0 Å². The molecule has 0 aliphatic heterocycles. The highest BCUT2D eigenvalue weighted by atomic mass is 79.9. The zero-order valence-electron chi connectivity index (χ0n) is 9.75. The molecule has 0 saturated heterocycles. The summed E-state index contributed by atoms with van der Waals surface area (Å²) >= 11 is 3.40. The van der Waals surface area contributed by atoms with Gasteiger partial charge in [0.05, 0.1) is 12.6 Å². The molecule has 0 radical (unpaired) electrons. The third-order valence-electron chi connectivity index (χ3n) is 3.98. The minimum Gasteiger partial charge on any atom is -0.383 e. The van der Waals surface area contributed by atoms with Crippen molar-refractivity contribution in [2.24, 2.45) is 17.8 Å². The molecule has 2 saturated carbocycles. The van der Waals surface area contributed by atoms with Crippen LogP contribution in [0.5, 0.6) is 0 Å². The molecule has 1 amide bonds. The maximum absolute atomic E-state index is 12.1. The van der Waals surface area contributed by atoms with Crippen LogP contribution in [-0.4, -0.2) is 31.0 Å². The van der Waals surface area contributed by atoms with Crippen molar-refractivity contribution >= 4 is 21.8 Å². The Labute approximate surface area is 105 Å². The van der Waals surface area contributed by atoms with Crippen LogP contribution in [0.15, 0.2) is 0 Å². The number of carbonyl (C=O) groups excluding carboxylic acids is 1. The largest absolute Gasteiger partial charge is 0.383 e. The number of hydrogen-bond acceptors (Lipinski definition) is 2. The molecule has 2 aliphatic carbocycles. The van der Waals surface area contributed by atoms with Gasteiger partial charge in [0.1, 0.15) is 0 Å². The van der Waals surface area contributed by atoms with Crippen molar-refractivity contribution in [2.75, 3.05) is 19.0 Å². The van der Waals surface area contributed by atoms with Gasteiger partial charge in [-0.15, -0.1) is 0 Å². The molecule has 2 bridgehead atoms. The summed E-state index contributed by atoms with van der Waals surface area (Å²) in [5.74, 6) is 2.00. The molecule has 2 aliphatic rings. The molecule has 0 aromatic rings. The smallest absolute Gasteiger partial charge is 0.223 e. The molecule has 4 atom stereocenters. The fourth-order valence-corrected chi connectivity index (χ4v) is 3.55. The Morgan fingerprint density at radius 2 is 2.31 bits per heavy atom. The lowest BCUT2D eigenvalue weighted by molar-refractivity contribution is -0.127. The lowest BCUT2D eigenvalue weighted by atomic mass is 9.88. The second kappa shape index (κ2) is 5.50. The Morgan fingerprint density at radius 1 is 1.50 bits per heavy atom. The van der Waals surface area contributed by atoms with Crippen LogP contribution in [0, 0.1) is 17.8 Å². The van der Waals surface area contributed by atoms with Gasteiger partial charge >= 0.3 is 0 Å². The highest BCUT2D eigenvalue weighted by molar-refractivity contribution is 9.09. The maximum atomic E-state index is 12.1. The van der Waals surface area contributed by atoms with Crippen molar-refractivity contribution < 1.29 is 9.53 Å². The van der Waals surface area contributed by atoms with Crippen molar-refractivity contribution in [2.45, 2.75) is 31.7 Å². The first kappa shape index (κ1) is 12.4. The van der Waals surface area contributed by atoms with Crippen molar-refractivity contribution in [3.63, 3.8) is 0 Å². The second-order valence-corrected chi connectivity index (χ2v) is 5.74. The predicted molar refractivity (Wildman–Crippen MR) is 66.5 cm³/mol. The highest BCUT2D eigenvalue weighted by Gasteiger charge is 2.43. The van der Waals surface area contributed by atoms with Gasteiger partial charge in [0.2, 0.25) is 5.91 Å². The summed E-state index contributed by atoms with van der Waals surface area (Å²) in [5.41, 5.74) is 0. The van der Waals surface area contributed by atoms with Crippen molar-refractivity contribution in [1.82, 2.24) is 5.32 Å². The molecule has 0 heterocycles. The van der Waals surface area contributed by atoms with Crippen LogP contribution in [-0.2, 0) is 9.53 Å². The molecule has 4 heteroatoms. The monoisotopic (exact) mass is 289 g/mol. The minimum absolute atomic E-state index is 0.108. The Kier molecular flexibility index (Phi) is 4.25. The van der Waals surface area contributed by atoms with Crippen molar-refractivity contribution in [1.29, 1.82) is 0 Å². The van der Waals surface area contributed by atoms with Crippen LogP contribution < -0.4 is 5.32 Å². The molecule has 0 aromatic carbocycles. The first-order chi connectivity index (χ1) is 7.74. The second-order valence-electron chi connectivity index (χ2n) is 5.10. The number of halogens is 1. The SMILES string of the molecule is COCC(CBr)NC(=O)C1CC2CCC1C2. The van der Waals surface area contributed by atoms with Crippen LogP contribution in [0.1, 0.15) is 25.7 Å². The summed E-state index contributed by atoms with van der Waals surface area (Å²) in [6, 6.07) is 0.108. The number of carbonyl (C=O) groups is 1. The van der Waals surface area contributed by atoms with Gasteiger partial charge in [-0.1, -0.05) is 22.4 Å². The molecule has 3 nitrogen and oxygen atoms in total. The van der Waals surface area contributed by atoms with Gasteiger partial charge in [0.25, 0.3) is 0 Å². The van der Waals surface area contributed by atoms with Crippen molar-refractivity contribution in [3.05, 3.63) is 0 Å². The third kappa shape index (κ3) is 2.59. The molecule has 0 spiro atoms. The van der Waals surface area contributed by atoms with E-state index >= 15 is 0 Å². The van der Waals surface area contributed by atoms with E-state index in [9.17, 15) is 4.79 Å². The molecule has 1 N–H and O–H groups in total. The lowest BCUT2D eigenvalue weighted by Crippen LogP contribution is -2.43. The van der Waals surface area contributed by atoms with Crippen LogP contribution in [0.4, 0.5) is 0 Å². The third-order valence-corrected chi connectivity index (χ3v) is 4.76. The van der Waals surface area contributed by atoms with Gasteiger partial charge in [-0.2, -0.15) is 0 Å². The minimum atomic E-state index is 0.108. The van der Waals surface area contributed by atoms with Gasteiger partial charge in [0, 0.05) is 18.4 Å². The first-order valence-corrected chi connectivity index (χ1v) is 7.22. The van der Waals surface area contributed by atoms with E-state index in [1.165, 1.54) is 19.3 Å². The quantitative estimate of drug-likeness (QED) is 0.786. The highest BCUT2D eigenvalue weighted by Crippen LogP contribution is 2.48. The summed E-state index contributed by atoms with van der Waals surface area (Å²) < 4.78 is 5.08. The van der Waals surface area contributed by atoms with Gasteiger partial charge in [0.15, 0.2) is 0 Å². The van der Waals surface area contributed by atoms with E-state index in [2.05, 4.69) is 21.2 Å². The number of rotatable bonds is 5. The average Bonchev–Trinajstić information content (AvgIpc) is 2.89. The van der Waals surface area contributed by atoms with Crippen LogP contribution in [0.25, 0.3) is 0 Å². The molecular weight excluding hydrogens is 270 g/mol. The number of nitrogens with one attached hydrogen (secondary N) is 1. The van der Waals surface area contributed by atoms with E-state index in [0.29, 0.717) is 12.5 Å². The molecule has 16 heavy (non-hydrogen) atoms. The average molecular weight is 290 g/mol. The summed E-state index contributed by atoms with van der Waals surface area (Å²) in [5, 5.41) is 3.84. The fraction of sp³-hybridized carbons (Fsp3) is 0.917. The zero-order chi connectivity index (χ0) is 11.5. The van der Waals surface area contributed by atoms with Gasteiger partial charge in [-0.05, 0) is 31.1 Å². The summed E-state index contributed by atoms with van der Waals surface area (Å²) in [6.07, 6.45) is 4.99. The number of alkyl halides is 1. The normalized spacial score (nSPS) is 34.0. The van der Waals surface area contributed by atoms with Gasteiger partial charge < -0.3 is 10.1 Å². The predicted octanol–water partition coefficient (Wildman–Crippen LogP) is 1.95. The van der Waals surface area contributed by atoms with Gasteiger partial charge in [-0.25, -0.2) is 0 Å². The number of amides is 1. The Morgan fingerprint density at radius 3 is 2.81 bits per heavy atom. The van der Waals surface area contributed by atoms with E-state index in [4.69, 9.17) is 4.74 Å². The topological polar surface area (TPSA) is 38.3 Å². The molecular formula is C12H20BrNO2. The number of fused-ring (bicyclic) bond motifs is 2. The zero-order valence-corrected chi connectivity index (χ0v) is 11.3. The molecule has 2 rings (SSSR count). The molecule has 0 aromatic heterocycles. The van der Waals surface area contributed by atoms with Crippen LogP contribution in [0.2, 0.25) is 0 Å². The number of ether oxygens (including phenoxy) is 1. The standard InChI is InChI=1S/C12H20BrNO2/c1-16-7-10(6-13)14-12(15)11-5-8-2-3-9(11)4-8/h8-11H,2-7H2,1H3,(H,14,15). The van der Waals surface area contributed by atoms with Gasteiger partial charge in [-0.3, -0.25) is 4.79 Å². The molecule has 2 fully saturated rings. The molecule has 92 valence electrons. The lowest BCUT2D eigenvalue weighted by Gasteiger charge is -2.23. The summed E-state index contributed by atoms with van der Waals surface area (Å²) in [4.78, 5) is 12.1. The molecule has 4 unspecified atom stereocenters.